The number of allylic oxidation sites excluding steroid dienone is 1. The zero-order chi connectivity index (χ0) is 30.2. The Bertz CT molecular complexity index is 1760. The van der Waals surface area contributed by atoms with Crippen LogP contribution in [0.4, 0.5) is 0 Å². The van der Waals surface area contributed by atoms with Gasteiger partial charge in [0.25, 0.3) is 11.5 Å². The summed E-state index contributed by atoms with van der Waals surface area (Å²) in [7, 11) is 0. The highest BCUT2D eigenvalue weighted by atomic mass is 35.5. The number of halogens is 2. The van der Waals surface area contributed by atoms with Crippen LogP contribution in [0.5, 0.6) is 5.75 Å². The van der Waals surface area contributed by atoms with E-state index in [0.717, 1.165) is 29.7 Å². The number of ether oxygens (including phenoxy) is 1. The Morgan fingerprint density at radius 2 is 1.81 bits per heavy atom. The van der Waals surface area contributed by atoms with E-state index >= 15 is 0 Å². The molecule has 2 fully saturated rings. The predicted octanol–water partition coefficient (Wildman–Crippen LogP) is 7.33. The average molecular weight is 636 g/mol. The molecule has 222 valence electrons. The Kier molecular flexibility index (Phi) is 8.47. The smallest absolute Gasteiger partial charge is 0.265 e. The minimum atomic E-state index is -0.322. The van der Waals surface area contributed by atoms with Gasteiger partial charge in [-0.2, -0.15) is 0 Å². The van der Waals surface area contributed by atoms with Crippen LogP contribution in [0, 0.1) is 0 Å². The van der Waals surface area contributed by atoms with Crippen molar-refractivity contribution < 1.29 is 9.53 Å². The topological polar surface area (TPSA) is 76.5 Å². The Morgan fingerprint density at radius 3 is 2.49 bits per heavy atom. The summed E-state index contributed by atoms with van der Waals surface area (Å²) in [5.74, 6) is 0.459. The normalized spacial score (nSPS) is 17.7. The average Bonchev–Trinajstić information content (AvgIpc) is 3.60. The molecule has 7 nitrogen and oxygen atoms in total. The Morgan fingerprint density at radius 1 is 1.09 bits per heavy atom. The van der Waals surface area contributed by atoms with Gasteiger partial charge in [0.05, 0.1) is 39.8 Å². The molecular formula is C33H32Cl2N4O3S. The van der Waals surface area contributed by atoms with Gasteiger partial charge in [-0.15, -0.1) is 11.3 Å². The zero-order valence-electron chi connectivity index (χ0n) is 24.2. The van der Waals surface area contributed by atoms with E-state index in [1.54, 1.807) is 28.8 Å². The number of benzene rings is 2. The first-order valence-electron chi connectivity index (χ1n) is 14.4. The summed E-state index contributed by atoms with van der Waals surface area (Å²) in [6, 6.07) is 14.9. The molecule has 2 bridgehead atoms. The molecule has 0 spiro atoms. The van der Waals surface area contributed by atoms with Crippen LogP contribution in [0.1, 0.15) is 49.7 Å². The van der Waals surface area contributed by atoms with Gasteiger partial charge in [-0.3, -0.25) is 14.2 Å². The second kappa shape index (κ2) is 12.3. The Hall–Kier alpha value is -3.43. The molecule has 4 aromatic rings. The van der Waals surface area contributed by atoms with Crippen molar-refractivity contribution in [3.05, 3.63) is 91.1 Å². The quantitative estimate of drug-likeness (QED) is 0.230. The Labute approximate surface area is 264 Å². The van der Waals surface area contributed by atoms with Crippen LogP contribution >= 0.6 is 34.5 Å². The van der Waals surface area contributed by atoms with E-state index in [9.17, 15) is 9.59 Å². The molecule has 6 rings (SSSR count). The number of hydrogen-bond donors (Lipinski definition) is 1. The lowest BCUT2D eigenvalue weighted by molar-refractivity contribution is 0.0696. The number of rotatable bonds is 7. The van der Waals surface area contributed by atoms with Crippen LogP contribution in [-0.2, 0) is 0 Å². The van der Waals surface area contributed by atoms with Crippen molar-refractivity contribution >= 4 is 46.5 Å². The third-order valence-electron chi connectivity index (χ3n) is 7.74. The molecule has 10 heteroatoms. The maximum absolute atomic E-state index is 14.5. The van der Waals surface area contributed by atoms with E-state index in [2.05, 4.69) is 5.32 Å². The molecule has 2 aromatic carbocycles. The van der Waals surface area contributed by atoms with Gasteiger partial charge < -0.3 is 15.0 Å². The number of nitrogens with zero attached hydrogens (tertiary/aromatic N) is 3. The van der Waals surface area contributed by atoms with Crippen molar-refractivity contribution in [1.29, 1.82) is 0 Å². The van der Waals surface area contributed by atoms with Crippen molar-refractivity contribution in [3.8, 4) is 33.3 Å². The highest BCUT2D eigenvalue weighted by molar-refractivity contribution is 7.13. The maximum Gasteiger partial charge on any atom is 0.265 e. The van der Waals surface area contributed by atoms with Crippen LogP contribution in [-0.4, -0.2) is 52.1 Å². The molecule has 43 heavy (non-hydrogen) atoms. The van der Waals surface area contributed by atoms with Crippen molar-refractivity contribution in [2.24, 2.45) is 0 Å². The van der Waals surface area contributed by atoms with E-state index in [0.29, 0.717) is 63.0 Å². The number of aromatic nitrogens is 2. The van der Waals surface area contributed by atoms with Crippen LogP contribution in [0.3, 0.4) is 0 Å². The number of fused-ring (bicyclic) bond motifs is 2. The van der Waals surface area contributed by atoms with Gasteiger partial charge in [-0.05, 0) is 70.0 Å². The van der Waals surface area contributed by atoms with E-state index in [1.165, 1.54) is 11.3 Å². The second-order valence-electron chi connectivity index (χ2n) is 11.2. The van der Waals surface area contributed by atoms with Crippen molar-refractivity contribution in [1.82, 2.24) is 19.8 Å². The Balaban J connectivity index is 1.58. The standard InChI is InChI=1S/C33H32Cl2N4O3S/c1-4-42-24-11-12-27(35)30(14-24)39-29(13-19(2)3)25(32(40)38-16-22-9-10-23(17-38)36-22)15-26(33(39)41)31-37-28(18-43-31)20-5-7-21(34)8-6-20/h5-8,11-15,18,22-23,36H,4,9-10,16-17H2,1-3H3/t22-,23+. The fourth-order valence-corrected chi connectivity index (χ4v) is 6.98. The molecular weight excluding hydrogens is 603 g/mol. The molecule has 2 aliphatic heterocycles. The highest BCUT2D eigenvalue weighted by Crippen LogP contribution is 2.33. The first kappa shape index (κ1) is 29.6. The summed E-state index contributed by atoms with van der Waals surface area (Å²) in [6.07, 6.45) is 3.97. The monoisotopic (exact) mass is 634 g/mol. The summed E-state index contributed by atoms with van der Waals surface area (Å²) < 4.78 is 7.31. The number of carbonyl (C=O) groups is 1. The van der Waals surface area contributed by atoms with Gasteiger partial charge in [0.1, 0.15) is 10.8 Å². The van der Waals surface area contributed by atoms with Gasteiger partial charge in [-0.25, -0.2) is 4.98 Å². The molecule has 4 heterocycles. The summed E-state index contributed by atoms with van der Waals surface area (Å²) >= 11 is 14.2. The lowest BCUT2D eigenvalue weighted by Gasteiger charge is -2.33. The van der Waals surface area contributed by atoms with Gasteiger partial charge in [0, 0.05) is 47.2 Å². The largest absolute Gasteiger partial charge is 0.494 e. The number of nitrogens with one attached hydrogen (secondary N) is 1. The number of likely N-dealkylation sites (tertiary alicyclic amines) is 1. The SMILES string of the molecule is CCOc1ccc(Cl)c(-n2c(C=C(C)C)c(C(=O)N3C[C@H]4CC[C@@H](C3)N4)cc(-c3nc(-c4ccc(Cl)cc4)cs3)c2=O)c1. The van der Waals surface area contributed by atoms with Crippen molar-refractivity contribution in [3.63, 3.8) is 0 Å². The van der Waals surface area contributed by atoms with E-state index in [-0.39, 0.29) is 23.6 Å². The third kappa shape index (κ3) is 6.02. The summed E-state index contributed by atoms with van der Waals surface area (Å²) in [5, 5.41) is 7.01. The molecule has 1 N–H and O–H groups in total. The summed E-state index contributed by atoms with van der Waals surface area (Å²) in [6.45, 7) is 7.48. The van der Waals surface area contributed by atoms with Gasteiger partial charge >= 0.3 is 0 Å². The minimum absolute atomic E-state index is 0.118. The first-order chi connectivity index (χ1) is 20.7. The van der Waals surface area contributed by atoms with Gasteiger partial charge in [0.2, 0.25) is 0 Å². The van der Waals surface area contributed by atoms with Gasteiger partial charge in [0.15, 0.2) is 0 Å². The first-order valence-corrected chi connectivity index (χ1v) is 16.0. The predicted molar refractivity (Wildman–Crippen MR) is 175 cm³/mol. The third-order valence-corrected chi connectivity index (χ3v) is 9.19. The number of amides is 1. The van der Waals surface area contributed by atoms with Crippen molar-refractivity contribution in [2.75, 3.05) is 19.7 Å². The van der Waals surface area contributed by atoms with Crippen LogP contribution in [0.15, 0.2) is 64.3 Å². The van der Waals surface area contributed by atoms with Crippen molar-refractivity contribution in [2.45, 2.75) is 45.7 Å². The fraction of sp³-hybridized carbons (Fsp3) is 0.303. The summed E-state index contributed by atoms with van der Waals surface area (Å²) in [4.78, 5) is 35.6. The number of hydrogen-bond acceptors (Lipinski definition) is 6. The highest BCUT2D eigenvalue weighted by Gasteiger charge is 2.36. The molecule has 0 aliphatic carbocycles. The number of thiazole rings is 1. The van der Waals surface area contributed by atoms with E-state index < -0.39 is 0 Å². The second-order valence-corrected chi connectivity index (χ2v) is 12.9. The number of piperazine rings is 1. The molecule has 0 unspecified atom stereocenters. The molecule has 2 aliphatic rings. The maximum atomic E-state index is 14.5. The van der Waals surface area contributed by atoms with Gasteiger partial charge in [-0.1, -0.05) is 40.9 Å². The lowest BCUT2D eigenvalue weighted by Crippen LogP contribution is -2.53. The zero-order valence-corrected chi connectivity index (χ0v) is 26.5. The number of carbonyl (C=O) groups excluding carboxylic acids is 1. The molecule has 2 saturated heterocycles. The summed E-state index contributed by atoms with van der Waals surface area (Å²) in [5.41, 5.74) is 3.90. The van der Waals surface area contributed by atoms with E-state index in [1.807, 2.05) is 61.4 Å². The molecule has 2 aromatic heterocycles. The number of pyridine rings is 1. The molecule has 0 radical (unpaired) electrons. The van der Waals surface area contributed by atoms with Crippen LogP contribution < -0.4 is 15.6 Å². The van der Waals surface area contributed by atoms with Crippen LogP contribution in [0.2, 0.25) is 10.0 Å². The lowest BCUT2D eigenvalue weighted by atomic mass is 10.0. The fourth-order valence-electron chi connectivity index (χ4n) is 5.81. The van der Waals surface area contributed by atoms with Crippen LogP contribution in [0.25, 0.3) is 33.6 Å². The minimum Gasteiger partial charge on any atom is -0.494 e. The molecule has 0 saturated carbocycles. The molecule has 1 amide bonds. The molecule has 2 atom stereocenters. The van der Waals surface area contributed by atoms with E-state index in [4.69, 9.17) is 32.9 Å².